The van der Waals surface area contributed by atoms with Crippen LogP contribution in [0.25, 0.3) is 0 Å². The van der Waals surface area contributed by atoms with Gasteiger partial charge in [-0.15, -0.1) is 0 Å². The first kappa shape index (κ1) is 15.3. The van der Waals surface area contributed by atoms with Crippen LogP contribution in [0.3, 0.4) is 0 Å². The molecule has 0 amide bonds. The number of carbonyl (C=O) groups is 1. The third-order valence-corrected chi connectivity index (χ3v) is 5.75. The van der Waals surface area contributed by atoms with Gasteiger partial charge in [-0.05, 0) is 18.1 Å². The van der Waals surface area contributed by atoms with Crippen molar-refractivity contribution in [1.29, 1.82) is 5.26 Å². The van der Waals surface area contributed by atoms with Crippen molar-refractivity contribution < 1.29 is 18.3 Å². The normalized spacial score (nSPS) is 18.9. The molecule has 6 nitrogen and oxygen atoms in total. The number of anilines is 1. The molecule has 7 heteroatoms. The molecule has 0 saturated carbocycles. The van der Waals surface area contributed by atoms with Crippen LogP contribution in [0.4, 0.5) is 5.69 Å². The van der Waals surface area contributed by atoms with E-state index in [0.29, 0.717) is 11.3 Å². The summed E-state index contributed by atoms with van der Waals surface area (Å²) < 4.78 is 26.3. The molecule has 0 radical (unpaired) electrons. The molecule has 1 heterocycles. The predicted molar refractivity (Wildman–Crippen MR) is 77.4 cm³/mol. The minimum atomic E-state index is -3.80. The molecule has 0 fully saturated rings. The van der Waals surface area contributed by atoms with Crippen LogP contribution in [-0.4, -0.2) is 31.3 Å². The number of nitriles is 1. The maximum absolute atomic E-state index is 12.5. The molecule has 112 valence electrons. The number of nitrogens with zero attached hydrogens (tertiary/aromatic N) is 2. The van der Waals surface area contributed by atoms with Crippen LogP contribution in [0.5, 0.6) is 0 Å². The number of carboxylic acids is 1. The second kappa shape index (κ2) is 5.74. The number of carboxylic acid groups (broad SMARTS) is 1. The lowest BCUT2D eigenvalue weighted by atomic mass is 9.98. The molecule has 0 aromatic heterocycles. The van der Waals surface area contributed by atoms with Crippen LogP contribution in [-0.2, 0) is 14.8 Å². The summed E-state index contributed by atoms with van der Waals surface area (Å²) in [6, 6.07) is 8.66. The largest absolute Gasteiger partial charge is 0.481 e. The van der Waals surface area contributed by atoms with Gasteiger partial charge in [0.15, 0.2) is 5.25 Å². The van der Waals surface area contributed by atoms with Gasteiger partial charge in [0, 0.05) is 12.5 Å². The van der Waals surface area contributed by atoms with Gasteiger partial charge < -0.3 is 5.11 Å². The Hall–Kier alpha value is -2.07. The molecular formula is C14H16N2O4S. The maximum atomic E-state index is 12.5. The minimum absolute atomic E-state index is 0.0756. The van der Waals surface area contributed by atoms with Gasteiger partial charge in [0.05, 0.1) is 18.2 Å². The Morgan fingerprint density at radius 3 is 2.76 bits per heavy atom. The SMILES string of the molecule is CCC(C#N)S(=O)(=O)N1CC(CC(=O)O)c2ccccc21. The third kappa shape index (κ3) is 2.72. The smallest absolute Gasteiger partial charge is 0.304 e. The summed E-state index contributed by atoms with van der Waals surface area (Å²) in [5.41, 5.74) is 1.19. The monoisotopic (exact) mass is 308 g/mol. The van der Waals surface area contributed by atoms with E-state index in [0.717, 1.165) is 0 Å². The van der Waals surface area contributed by atoms with Gasteiger partial charge >= 0.3 is 5.97 Å². The van der Waals surface area contributed by atoms with Crippen molar-refractivity contribution in [2.45, 2.75) is 30.9 Å². The quantitative estimate of drug-likeness (QED) is 0.892. The molecule has 1 N–H and O–H groups in total. The van der Waals surface area contributed by atoms with E-state index in [1.165, 1.54) is 4.31 Å². The molecule has 21 heavy (non-hydrogen) atoms. The second-order valence-corrected chi connectivity index (χ2v) is 7.00. The fourth-order valence-electron chi connectivity index (χ4n) is 2.61. The van der Waals surface area contributed by atoms with E-state index in [1.54, 1.807) is 31.2 Å². The summed E-state index contributed by atoms with van der Waals surface area (Å²) in [5, 5.41) is 16.9. The molecule has 1 aliphatic heterocycles. The Balaban J connectivity index is 2.44. The Bertz CT molecular complexity index is 693. The molecule has 2 atom stereocenters. The van der Waals surface area contributed by atoms with Crippen molar-refractivity contribution in [3.63, 3.8) is 0 Å². The zero-order valence-electron chi connectivity index (χ0n) is 11.6. The van der Waals surface area contributed by atoms with E-state index in [4.69, 9.17) is 10.4 Å². The van der Waals surface area contributed by atoms with Gasteiger partial charge in [-0.1, -0.05) is 25.1 Å². The van der Waals surface area contributed by atoms with Crippen molar-refractivity contribution in [3.8, 4) is 6.07 Å². The van der Waals surface area contributed by atoms with Crippen LogP contribution in [0.1, 0.15) is 31.2 Å². The average molecular weight is 308 g/mol. The molecule has 0 saturated heterocycles. The van der Waals surface area contributed by atoms with Gasteiger partial charge in [-0.3, -0.25) is 9.10 Å². The number of hydrogen-bond donors (Lipinski definition) is 1. The van der Waals surface area contributed by atoms with Crippen molar-refractivity contribution in [3.05, 3.63) is 29.8 Å². The Labute approximate surface area is 123 Å². The highest BCUT2D eigenvalue weighted by atomic mass is 32.2. The number of aliphatic carboxylic acids is 1. The third-order valence-electron chi connectivity index (χ3n) is 3.63. The van der Waals surface area contributed by atoms with E-state index in [9.17, 15) is 13.2 Å². The second-order valence-electron chi connectivity index (χ2n) is 4.96. The highest BCUT2D eigenvalue weighted by Crippen LogP contribution is 2.40. The van der Waals surface area contributed by atoms with Crippen molar-refractivity contribution >= 4 is 21.7 Å². The van der Waals surface area contributed by atoms with Gasteiger partial charge in [-0.25, -0.2) is 8.42 Å². The summed E-state index contributed by atoms with van der Waals surface area (Å²) in [6.07, 6.45) is 0.0630. The Morgan fingerprint density at radius 2 is 2.19 bits per heavy atom. The number of fused-ring (bicyclic) bond motifs is 1. The number of sulfonamides is 1. The lowest BCUT2D eigenvalue weighted by Crippen LogP contribution is -2.37. The highest BCUT2D eigenvalue weighted by Gasteiger charge is 2.39. The molecule has 0 spiro atoms. The van der Waals surface area contributed by atoms with E-state index >= 15 is 0 Å². The van der Waals surface area contributed by atoms with E-state index in [1.807, 2.05) is 6.07 Å². The summed E-state index contributed by atoms with van der Waals surface area (Å²) in [4.78, 5) is 10.9. The van der Waals surface area contributed by atoms with Gasteiger partial charge in [0.1, 0.15) is 0 Å². The fraction of sp³-hybridized carbons (Fsp3) is 0.429. The topological polar surface area (TPSA) is 98.5 Å². The van der Waals surface area contributed by atoms with E-state index < -0.39 is 21.2 Å². The zero-order valence-corrected chi connectivity index (χ0v) is 12.4. The molecular weight excluding hydrogens is 292 g/mol. The maximum Gasteiger partial charge on any atom is 0.304 e. The Kier molecular flexibility index (Phi) is 4.19. The Morgan fingerprint density at radius 1 is 1.52 bits per heavy atom. The molecule has 2 unspecified atom stereocenters. The summed E-state index contributed by atoms with van der Waals surface area (Å²) in [7, 11) is -3.80. The molecule has 0 bridgehead atoms. The fourth-order valence-corrected chi connectivity index (χ4v) is 4.29. The molecule has 1 aliphatic rings. The van der Waals surface area contributed by atoms with Gasteiger partial charge in [0.2, 0.25) is 0 Å². The first-order valence-corrected chi connectivity index (χ1v) is 8.14. The molecule has 1 aromatic rings. The summed E-state index contributed by atoms with van der Waals surface area (Å²) in [5.74, 6) is -1.36. The number of benzene rings is 1. The molecule has 0 aliphatic carbocycles. The lowest BCUT2D eigenvalue weighted by molar-refractivity contribution is -0.137. The zero-order chi connectivity index (χ0) is 15.6. The first-order chi connectivity index (χ1) is 9.91. The van der Waals surface area contributed by atoms with Crippen molar-refractivity contribution in [1.82, 2.24) is 0 Å². The van der Waals surface area contributed by atoms with Crippen molar-refractivity contribution in [2.24, 2.45) is 0 Å². The first-order valence-electron chi connectivity index (χ1n) is 6.63. The predicted octanol–water partition coefficient (Wildman–Crippen LogP) is 1.70. The van der Waals surface area contributed by atoms with E-state index in [-0.39, 0.29) is 25.3 Å². The summed E-state index contributed by atoms with van der Waals surface area (Å²) >= 11 is 0. The number of rotatable bonds is 5. The highest BCUT2D eigenvalue weighted by molar-refractivity contribution is 7.93. The standard InChI is InChI=1S/C14H16N2O4S/c1-2-11(8-15)21(19,20)16-9-10(7-14(17)18)12-5-3-4-6-13(12)16/h3-6,10-11H,2,7,9H2,1H3,(H,17,18). The lowest BCUT2D eigenvalue weighted by Gasteiger charge is -2.22. The molecule has 2 rings (SSSR count). The van der Waals surface area contributed by atoms with Gasteiger partial charge in [-0.2, -0.15) is 5.26 Å². The van der Waals surface area contributed by atoms with E-state index in [2.05, 4.69) is 0 Å². The van der Waals surface area contributed by atoms with Crippen LogP contribution in [0.2, 0.25) is 0 Å². The number of hydrogen-bond acceptors (Lipinski definition) is 4. The summed E-state index contributed by atoms with van der Waals surface area (Å²) in [6.45, 7) is 1.72. The number of para-hydroxylation sites is 1. The average Bonchev–Trinajstić information content (AvgIpc) is 2.79. The van der Waals surface area contributed by atoms with Crippen molar-refractivity contribution in [2.75, 3.05) is 10.8 Å². The van der Waals surface area contributed by atoms with Crippen LogP contribution in [0, 0.1) is 11.3 Å². The minimum Gasteiger partial charge on any atom is -0.481 e. The van der Waals surface area contributed by atoms with Gasteiger partial charge in [0.25, 0.3) is 10.0 Å². The van der Waals surface area contributed by atoms with Crippen LogP contribution >= 0.6 is 0 Å². The van der Waals surface area contributed by atoms with Crippen LogP contribution < -0.4 is 4.31 Å². The van der Waals surface area contributed by atoms with Crippen LogP contribution in [0.15, 0.2) is 24.3 Å². The molecule has 1 aromatic carbocycles.